The standard InChI is InChI=1S/C44H57N11O6/c1-28(2)23-38(56)52-34(11-8-20-48-43(46)59)41(57)51-33-16-12-29(13-17-33)27-61-44(60)49-19-6-4-9-30-14-15-32-24-31(30)10-5-7-22-55(3)37-18-21-47-25-36(37)54-42(58)39-40(45)50-26-35(32)53-39/h12-18,21,24-26,28,34H,4-11,19-20,22-23,27H2,1-3H3,(H2,45,50)(H,49,60)(H,51,57)(H,52,56)(H,54,58)(H3,46,48,59)/t34-/m0/s1. The molecule has 17 nitrogen and oxygen atoms in total. The summed E-state index contributed by atoms with van der Waals surface area (Å²) in [5.74, 6) is -0.911. The van der Waals surface area contributed by atoms with Crippen LogP contribution in [-0.2, 0) is 33.8 Å². The van der Waals surface area contributed by atoms with E-state index >= 15 is 0 Å². The van der Waals surface area contributed by atoms with Crippen molar-refractivity contribution in [2.45, 2.75) is 84.3 Å². The Kier molecular flexibility index (Phi) is 16.8. The van der Waals surface area contributed by atoms with Crippen LogP contribution in [0.25, 0.3) is 11.3 Å². The molecule has 0 unspecified atom stereocenters. The van der Waals surface area contributed by atoms with E-state index in [1.54, 1.807) is 42.9 Å². The summed E-state index contributed by atoms with van der Waals surface area (Å²) >= 11 is 0. The van der Waals surface area contributed by atoms with Gasteiger partial charge in [0.15, 0.2) is 11.5 Å². The number of nitrogens with zero attached hydrogens (tertiary/aromatic N) is 4. The summed E-state index contributed by atoms with van der Waals surface area (Å²) in [6.45, 7) is 5.38. The number of unbranched alkanes of at least 4 members (excludes halogenated alkanes) is 1. The van der Waals surface area contributed by atoms with Crippen molar-refractivity contribution in [1.29, 1.82) is 0 Å². The smallest absolute Gasteiger partial charge is 0.407 e. The zero-order valence-electron chi connectivity index (χ0n) is 35.1. The summed E-state index contributed by atoms with van der Waals surface area (Å²) in [5.41, 5.74) is 17.8. The molecule has 0 radical (unpaired) electrons. The summed E-state index contributed by atoms with van der Waals surface area (Å²) in [4.78, 5) is 77.6. The van der Waals surface area contributed by atoms with Gasteiger partial charge in [-0.15, -0.1) is 0 Å². The molecule has 4 bridgehead atoms. The van der Waals surface area contributed by atoms with E-state index in [-0.39, 0.29) is 48.8 Å². The normalized spacial score (nSPS) is 13.1. The predicted octanol–water partition coefficient (Wildman–Crippen LogP) is 5.31. The highest BCUT2D eigenvalue weighted by molar-refractivity contribution is 6.07. The number of aromatic nitrogens is 3. The third-order valence-electron chi connectivity index (χ3n) is 10.1. The minimum Gasteiger partial charge on any atom is -0.445 e. The second kappa shape index (κ2) is 22.6. The number of pyridine rings is 1. The maximum absolute atomic E-state index is 13.3. The quantitative estimate of drug-likeness (QED) is 0.0713. The molecule has 0 aliphatic carbocycles. The maximum atomic E-state index is 13.3. The van der Waals surface area contributed by atoms with Crippen molar-refractivity contribution in [2.75, 3.05) is 47.9 Å². The first-order chi connectivity index (χ1) is 29.4. The molecular weight excluding hydrogens is 779 g/mol. The monoisotopic (exact) mass is 835 g/mol. The van der Waals surface area contributed by atoms with Crippen molar-refractivity contribution >= 4 is 52.7 Å². The SMILES string of the molecule is CC(C)CC(=O)N[C@@H](CCCNC(N)=O)C(=O)Nc1ccc(COC(=O)NCCCCc2ccc3cc2CCCCN(C)c2ccncc2NC(=O)c2nc-3cnc2N)cc1. The number of nitrogens with one attached hydrogen (secondary N) is 5. The van der Waals surface area contributed by atoms with E-state index in [0.717, 1.165) is 61.9 Å². The van der Waals surface area contributed by atoms with E-state index in [2.05, 4.69) is 58.6 Å². The molecular formula is C44H57N11O6. The van der Waals surface area contributed by atoms with Crippen molar-refractivity contribution in [1.82, 2.24) is 30.9 Å². The number of carbonyl (C=O) groups is 5. The van der Waals surface area contributed by atoms with E-state index in [1.165, 1.54) is 11.1 Å². The Morgan fingerprint density at radius 1 is 0.967 bits per heavy atom. The molecule has 6 amide bonds. The van der Waals surface area contributed by atoms with Gasteiger partial charge in [0.1, 0.15) is 12.6 Å². The number of fused-ring (bicyclic) bond motifs is 6. The van der Waals surface area contributed by atoms with Gasteiger partial charge < -0.3 is 47.7 Å². The molecule has 0 saturated carbocycles. The Bertz CT molecular complexity index is 2150. The minimum atomic E-state index is -0.796. The van der Waals surface area contributed by atoms with Crippen LogP contribution in [-0.4, -0.2) is 77.5 Å². The van der Waals surface area contributed by atoms with Gasteiger partial charge in [0.2, 0.25) is 11.8 Å². The highest BCUT2D eigenvalue weighted by Crippen LogP contribution is 2.28. The lowest BCUT2D eigenvalue weighted by molar-refractivity contribution is -0.127. The topological polar surface area (TPSA) is 249 Å². The fourth-order valence-electron chi connectivity index (χ4n) is 6.90. The summed E-state index contributed by atoms with van der Waals surface area (Å²) in [5, 5.41) is 13.8. The van der Waals surface area contributed by atoms with Crippen LogP contribution in [0.1, 0.15) is 86.0 Å². The molecule has 0 saturated heterocycles. The number of nitrogens with two attached hydrogens (primary N) is 2. The molecule has 0 fully saturated rings. The zero-order chi connectivity index (χ0) is 43.7. The van der Waals surface area contributed by atoms with Crippen molar-refractivity contribution in [3.05, 3.63) is 89.5 Å². The Labute approximate surface area is 356 Å². The second-order valence-electron chi connectivity index (χ2n) is 15.5. The Morgan fingerprint density at radius 2 is 1.75 bits per heavy atom. The van der Waals surface area contributed by atoms with Crippen LogP contribution in [0.15, 0.2) is 67.1 Å². The van der Waals surface area contributed by atoms with Crippen LogP contribution in [0.2, 0.25) is 0 Å². The summed E-state index contributed by atoms with van der Waals surface area (Å²) in [6.07, 6.45) is 10.5. The third kappa shape index (κ3) is 14.2. The number of aryl methyl sites for hydroxylation is 2. The fourth-order valence-corrected chi connectivity index (χ4v) is 6.90. The molecule has 1 aliphatic heterocycles. The number of ether oxygens (including phenoxy) is 1. The van der Waals surface area contributed by atoms with Gasteiger partial charge in [-0.2, -0.15) is 0 Å². The van der Waals surface area contributed by atoms with E-state index in [4.69, 9.17) is 16.2 Å². The Balaban J connectivity index is 1.09. The van der Waals surface area contributed by atoms with Gasteiger partial charge in [0.05, 0.1) is 29.5 Å². The van der Waals surface area contributed by atoms with Gasteiger partial charge in [-0.1, -0.05) is 38.1 Å². The molecule has 17 heteroatoms. The van der Waals surface area contributed by atoms with Crippen LogP contribution in [0, 0.1) is 5.92 Å². The molecule has 324 valence electrons. The maximum Gasteiger partial charge on any atom is 0.407 e. The number of nitrogen functional groups attached to an aromatic ring is 1. The first-order valence-electron chi connectivity index (χ1n) is 20.7. The lowest BCUT2D eigenvalue weighted by Crippen LogP contribution is -2.44. The van der Waals surface area contributed by atoms with Crippen LogP contribution < -0.4 is 43.0 Å². The molecule has 2 aromatic carbocycles. The van der Waals surface area contributed by atoms with Crippen molar-refractivity contribution in [2.24, 2.45) is 11.7 Å². The first-order valence-corrected chi connectivity index (χ1v) is 20.7. The van der Waals surface area contributed by atoms with Gasteiger partial charge in [0, 0.05) is 50.6 Å². The van der Waals surface area contributed by atoms with E-state index < -0.39 is 24.1 Å². The fraction of sp³-hybridized carbons (Fsp3) is 0.409. The Hall–Kier alpha value is -6.78. The third-order valence-corrected chi connectivity index (χ3v) is 10.1. The van der Waals surface area contributed by atoms with Gasteiger partial charge >= 0.3 is 12.1 Å². The van der Waals surface area contributed by atoms with Gasteiger partial charge in [-0.25, -0.2) is 19.6 Å². The molecule has 3 heterocycles. The molecule has 2 aromatic heterocycles. The summed E-state index contributed by atoms with van der Waals surface area (Å²) in [7, 11) is 1.99. The highest BCUT2D eigenvalue weighted by Gasteiger charge is 2.22. The highest BCUT2D eigenvalue weighted by atomic mass is 16.5. The second-order valence-corrected chi connectivity index (χ2v) is 15.5. The Morgan fingerprint density at radius 3 is 2.52 bits per heavy atom. The lowest BCUT2D eigenvalue weighted by atomic mass is 9.94. The molecule has 9 N–H and O–H groups in total. The van der Waals surface area contributed by atoms with Crippen LogP contribution in [0.3, 0.4) is 0 Å². The van der Waals surface area contributed by atoms with Gasteiger partial charge in [-0.05, 0) is 98.2 Å². The van der Waals surface area contributed by atoms with Crippen molar-refractivity contribution in [3.63, 3.8) is 0 Å². The number of amides is 6. The lowest BCUT2D eigenvalue weighted by Gasteiger charge is -2.22. The van der Waals surface area contributed by atoms with Gasteiger partial charge in [-0.3, -0.25) is 19.4 Å². The number of alkyl carbamates (subject to hydrolysis) is 1. The molecule has 1 aliphatic rings. The number of hydrogen-bond donors (Lipinski definition) is 7. The van der Waals surface area contributed by atoms with Crippen LogP contribution >= 0.6 is 0 Å². The number of benzene rings is 2. The van der Waals surface area contributed by atoms with Crippen LogP contribution in [0.5, 0.6) is 0 Å². The minimum absolute atomic E-state index is 0.0389. The first kappa shape index (κ1) is 45.3. The van der Waals surface area contributed by atoms with Crippen molar-refractivity contribution < 1.29 is 28.7 Å². The molecule has 4 aromatic rings. The average molecular weight is 836 g/mol. The number of anilines is 4. The number of rotatable bonds is 16. The van der Waals surface area contributed by atoms with E-state index in [9.17, 15) is 24.0 Å². The van der Waals surface area contributed by atoms with E-state index in [0.29, 0.717) is 36.5 Å². The number of urea groups is 1. The molecule has 1 atom stereocenters. The van der Waals surface area contributed by atoms with E-state index in [1.807, 2.05) is 33.0 Å². The number of primary amides is 1. The number of hydrogen-bond acceptors (Lipinski definition) is 11. The summed E-state index contributed by atoms with van der Waals surface area (Å²) in [6, 6.07) is 13.5. The predicted molar refractivity (Wildman–Crippen MR) is 235 cm³/mol. The molecule has 0 spiro atoms. The average Bonchev–Trinajstić information content (AvgIpc) is 3.23. The molecule has 61 heavy (non-hydrogen) atoms. The van der Waals surface area contributed by atoms with Gasteiger partial charge in [0.25, 0.3) is 5.91 Å². The van der Waals surface area contributed by atoms with Crippen molar-refractivity contribution in [3.8, 4) is 11.3 Å². The van der Waals surface area contributed by atoms with Crippen LogP contribution in [0.4, 0.5) is 32.5 Å². The largest absolute Gasteiger partial charge is 0.445 e. The molecule has 5 rings (SSSR count). The number of carbonyl (C=O) groups excluding carboxylic acids is 5. The zero-order valence-corrected chi connectivity index (χ0v) is 35.1. The summed E-state index contributed by atoms with van der Waals surface area (Å²) < 4.78 is 5.43.